The Balaban J connectivity index is 1.75. The third-order valence-electron chi connectivity index (χ3n) is 5.37. The Bertz CT molecular complexity index is 1380. The summed E-state index contributed by atoms with van der Waals surface area (Å²) in [5.41, 5.74) is 0.990. The number of benzene rings is 3. The van der Waals surface area contributed by atoms with Crippen molar-refractivity contribution in [2.45, 2.75) is 6.04 Å². The normalized spacial score (nSPS) is 17.9. The lowest BCUT2D eigenvalue weighted by Gasteiger charge is -2.23. The van der Waals surface area contributed by atoms with E-state index in [9.17, 15) is 23.5 Å². The van der Waals surface area contributed by atoms with Gasteiger partial charge in [0.1, 0.15) is 23.4 Å². The molecule has 158 valence electrons. The number of aliphatic hydroxyl groups excluding tert-OH is 1. The van der Waals surface area contributed by atoms with Gasteiger partial charge < -0.3 is 10.1 Å². The van der Waals surface area contributed by atoms with E-state index >= 15 is 0 Å². The number of anilines is 1. The van der Waals surface area contributed by atoms with Crippen LogP contribution in [0.25, 0.3) is 16.8 Å². The van der Waals surface area contributed by atoms with Crippen LogP contribution >= 0.6 is 0 Å². The molecule has 0 spiro atoms. The summed E-state index contributed by atoms with van der Waals surface area (Å²) in [7, 11) is 0. The molecule has 0 aliphatic carbocycles. The summed E-state index contributed by atoms with van der Waals surface area (Å²) in [6.45, 7) is 0. The number of aromatic amines is 1. The molecular weight excluding hydrogens is 416 g/mol. The van der Waals surface area contributed by atoms with Crippen LogP contribution in [0.3, 0.4) is 0 Å². The highest BCUT2D eigenvalue weighted by molar-refractivity contribution is 6.51. The summed E-state index contributed by atoms with van der Waals surface area (Å²) in [4.78, 5) is 34.5. The predicted octanol–water partition coefficient (Wildman–Crippen LogP) is 4.47. The first-order valence-corrected chi connectivity index (χ1v) is 9.72. The van der Waals surface area contributed by atoms with E-state index in [1.54, 1.807) is 30.3 Å². The molecular formula is C24H15F2N3O3. The maximum absolute atomic E-state index is 14.8. The van der Waals surface area contributed by atoms with Crippen molar-refractivity contribution < 1.29 is 23.5 Å². The zero-order chi connectivity index (χ0) is 22.4. The first-order chi connectivity index (χ1) is 15.5. The molecule has 1 amide bonds. The lowest BCUT2D eigenvalue weighted by molar-refractivity contribution is -0.132. The molecule has 6 nitrogen and oxygen atoms in total. The average Bonchev–Trinajstić information content (AvgIpc) is 3.33. The summed E-state index contributed by atoms with van der Waals surface area (Å²) in [5, 5.41) is 10.9. The van der Waals surface area contributed by atoms with Gasteiger partial charge in [0.2, 0.25) is 5.95 Å². The van der Waals surface area contributed by atoms with Crippen molar-refractivity contribution in [3.8, 4) is 0 Å². The minimum Gasteiger partial charge on any atom is -0.507 e. The van der Waals surface area contributed by atoms with Gasteiger partial charge in [0.25, 0.3) is 5.78 Å². The number of hydrogen-bond donors (Lipinski definition) is 2. The zero-order valence-electron chi connectivity index (χ0n) is 16.4. The number of carbonyl (C=O) groups is 2. The minimum absolute atomic E-state index is 0.0100. The first kappa shape index (κ1) is 19.6. The van der Waals surface area contributed by atoms with Crippen molar-refractivity contribution >= 4 is 34.4 Å². The summed E-state index contributed by atoms with van der Waals surface area (Å²) in [5.74, 6) is -3.66. The lowest BCUT2D eigenvalue weighted by Crippen LogP contribution is -2.30. The Morgan fingerprint density at radius 1 is 0.938 bits per heavy atom. The van der Waals surface area contributed by atoms with Gasteiger partial charge in [-0.05, 0) is 42.5 Å². The fourth-order valence-corrected chi connectivity index (χ4v) is 3.86. The van der Waals surface area contributed by atoms with Gasteiger partial charge in [0.15, 0.2) is 0 Å². The van der Waals surface area contributed by atoms with E-state index in [2.05, 4.69) is 9.97 Å². The minimum atomic E-state index is -1.28. The number of fused-ring (bicyclic) bond motifs is 1. The maximum atomic E-state index is 14.8. The second kappa shape index (κ2) is 7.42. The molecule has 5 rings (SSSR count). The highest BCUT2D eigenvalue weighted by Gasteiger charge is 2.49. The molecule has 1 unspecified atom stereocenters. The van der Waals surface area contributed by atoms with Gasteiger partial charge in [-0.15, -0.1) is 0 Å². The molecule has 2 N–H and O–H groups in total. The number of aliphatic hydroxyl groups is 1. The number of ketones is 1. The number of hydrogen-bond acceptors (Lipinski definition) is 4. The molecule has 0 radical (unpaired) electrons. The maximum Gasteiger partial charge on any atom is 0.302 e. The second-order valence-electron chi connectivity index (χ2n) is 7.28. The van der Waals surface area contributed by atoms with Crippen molar-refractivity contribution in [3.63, 3.8) is 0 Å². The van der Waals surface area contributed by atoms with Gasteiger partial charge >= 0.3 is 5.91 Å². The molecule has 1 fully saturated rings. The number of imidazole rings is 1. The molecule has 32 heavy (non-hydrogen) atoms. The van der Waals surface area contributed by atoms with E-state index < -0.39 is 35.1 Å². The third-order valence-corrected chi connectivity index (χ3v) is 5.37. The number of H-pyrrole nitrogens is 1. The number of rotatable bonds is 3. The van der Waals surface area contributed by atoms with Gasteiger partial charge in [-0.25, -0.2) is 13.8 Å². The molecule has 3 aromatic carbocycles. The number of para-hydroxylation sites is 2. The Morgan fingerprint density at radius 3 is 2.34 bits per heavy atom. The molecule has 8 heteroatoms. The topological polar surface area (TPSA) is 86.3 Å². The van der Waals surface area contributed by atoms with E-state index in [1.165, 1.54) is 30.3 Å². The largest absolute Gasteiger partial charge is 0.507 e. The number of amides is 1. The van der Waals surface area contributed by atoms with E-state index in [-0.39, 0.29) is 22.6 Å². The summed E-state index contributed by atoms with van der Waals surface area (Å²) in [6, 6.07) is 16.2. The lowest BCUT2D eigenvalue weighted by atomic mass is 9.95. The number of nitrogens with zero attached hydrogens (tertiary/aromatic N) is 2. The Hall–Kier alpha value is -4.33. The summed E-state index contributed by atoms with van der Waals surface area (Å²) < 4.78 is 28.2. The molecule has 1 aliphatic heterocycles. The highest BCUT2D eigenvalue weighted by atomic mass is 19.1. The smallest absolute Gasteiger partial charge is 0.302 e. The molecule has 2 heterocycles. The SMILES string of the molecule is O=C1C(=O)N(c2nc3ccccc3[nH]2)C(c2ccccc2F)/C1=C(\O)c1ccc(F)cc1. The first-order valence-electron chi connectivity index (χ1n) is 9.72. The highest BCUT2D eigenvalue weighted by Crippen LogP contribution is 2.42. The standard InChI is InChI=1S/C24H15F2N3O3/c25-14-11-9-13(10-12-14)21(30)19-20(15-5-1-2-6-16(15)26)29(23(32)22(19)31)24-27-17-7-3-4-8-18(17)28-24/h1-12,20,30H,(H,27,28)/b21-19+. The van der Waals surface area contributed by atoms with E-state index in [1.807, 2.05) is 0 Å². The molecule has 1 saturated heterocycles. The molecule has 4 aromatic rings. The Kier molecular flexibility index (Phi) is 4.55. The molecule has 1 aliphatic rings. The average molecular weight is 431 g/mol. The van der Waals surface area contributed by atoms with Crippen LogP contribution in [-0.4, -0.2) is 26.8 Å². The number of Topliss-reactive ketones (excluding diaryl/α,β-unsaturated/α-hetero) is 1. The van der Waals surface area contributed by atoms with Gasteiger partial charge in [-0.3, -0.25) is 14.5 Å². The number of halogens is 2. The zero-order valence-corrected chi connectivity index (χ0v) is 16.4. The second-order valence-corrected chi connectivity index (χ2v) is 7.28. The molecule has 1 atom stereocenters. The van der Waals surface area contributed by atoms with Crippen LogP contribution in [0.15, 0.2) is 78.4 Å². The van der Waals surface area contributed by atoms with Crippen molar-refractivity contribution in [2.24, 2.45) is 0 Å². The molecule has 0 bridgehead atoms. The molecule has 0 saturated carbocycles. The fraction of sp³-hybridized carbons (Fsp3) is 0.0417. The predicted molar refractivity (Wildman–Crippen MR) is 114 cm³/mol. The monoisotopic (exact) mass is 431 g/mol. The number of carbonyl (C=O) groups excluding carboxylic acids is 2. The Labute approximate surface area is 180 Å². The van der Waals surface area contributed by atoms with E-state index in [4.69, 9.17) is 0 Å². The van der Waals surface area contributed by atoms with Crippen LogP contribution in [0, 0.1) is 11.6 Å². The van der Waals surface area contributed by atoms with E-state index in [0.717, 1.165) is 17.0 Å². The third kappa shape index (κ3) is 3.04. The van der Waals surface area contributed by atoms with Crippen LogP contribution in [0.4, 0.5) is 14.7 Å². The molecule has 1 aromatic heterocycles. The quantitative estimate of drug-likeness (QED) is 0.285. The van der Waals surface area contributed by atoms with Crippen molar-refractivity contribution in [1.29, 1.82) is 0 Å². The summed E-state index contributed by atoms with van der Waals surface area (Å²) in [6.07, 6.45) is 0. The van der Waals surface area contributed by atoms with Crippen LogP contribution < -0.4 is 4.90 Å². The van der Waals surface area contributed by atoms with Crippen LogP contribution in [0.5, 0.6) is 0 Å². The van der Waals surface area contributed by atoms with Crippen molar-refractivity contribution in [2.75, 3.05) is 4.90 Å². The number of nitrogens with one attached hydrogen (secondary N) is 1. The van der Waals surface area contributed by atoms with Gasteiger partial charge in [0, 0.05) is 11.1 Å². The number of aromatic nitrogens is 2. The van der Waals surface area contributed by atoms with Gasteiger partial charge in [-0.2, -0.15) is 0 Å². The van der Waals surface area contributed by atoms with Crippen LogP contribution in [-0.2, 0) is 9.59 Å². The van der Waals surface area contributed by atoms with Gasteiger partial charge in [-0.1, -0.05) is 30.3 Å². The van der Waals surface area contributed by atoms with Crippen LogP contribution in [0.2, 0.25) is 0 Å². The summed E-state index contributed by atoms with van der Waals surface area (Å²) >= 11 is 0. The van der Waals surface area contributed by atoms with Gasteiger partial charge in [0.05, 0.1) is 16.6 Å². The van der Waals surface area contributed by atoms with Crippen molar-refractivity contribution in [1.82, 2.24) is 9.97 Å². The van der Waals surface area contributed by atoms with Crippen molar-refractivity contribution in [3.05, 3.63) is 101 Å². The Morgan fingerprint density at radius 2 is 1.62 bits per heavy atom. The van der Waals surface area contributed by atoms with E-state index in [0.29, 0.717) is 11.0 Å². The fourth-order valence-electron chi connectivity index (χ4n) is 3.86. The van der Waals surface area contributed by atoms with Crippen LogP contribution in [0.1, 0.15) is 17.2 Å².